The maximum atomic E-state index is 12.2. The number of hydrogen-bond acceptors (Lipinski definition) is 4. The number of ether oxygens (including phenoxy) is 2. The van der Waals surface area contributed by atoms with Gasteiger partial charge in [0.2, 0.25) is 6.79 Å². The highest BCUT2D eigenvalue weighted by Gasteiger charge is 2.15. The average molecular weight is 327 g/mol. The summed E-state index contributed by atoms with van der Waals surface area (Å²) in [6, 6.07) is 13.9. The first kappa shape index (κ1) is 14.9. The topological polar surface area (TPSA) is 71.3 Å². The Bertz CT molecular complexity index is 840. The summed E-state index contributed by atoms with van der Waals surface area (Å²) < 4.78 is 10.5. The van der Waals surface area contributed by atoms with Crippen LogP contribution >= 0.6 is 11.6 Å². The fourth-order valence-electron chi connectivity index (χ4n) is 2.07. The summed E-state index contributed by atoms with van der Waals surface area (Å²) in [5.74, 6) is 0.696. The monoisotopic (exact) mass is 326 g/mol. The van der Waals surface area contributed by atoms with Crippen LogP contribution in [0.25, 0.3) is 6.08 Å². The van der Waals surface area contributed by atoms with Crippen LogP contribution in [0.1, 0.15) is 5.56 Å². The summed E-state index contributed by atoms with van der Waals surface area (Å²) in [6.07, 6.45) is 1.48. The zero-order valence-electron chi connectivity index (χ0n) is 11.9. The van der Waals surface area contributed by atoms with E-state index in [0.717, 1.165) is 0 Å². The number of anilines is 1. The van der Waals surface area contributed by atoms with Gasteiger partial charge in [-0.05, 0) is 35.9 Å². The molecule has 0 unspecified atom stereocenters. The van der Waals surface area contributed by atoms with Gasteiger partial charge in [0, 0.05) is 0 Å². The predicted molar refractivity (Wildman–Crippen MR) is 86.2 cm³/mol. The number of nitrogens with zero attached hydrogens (tertiary/aromatic N) is 1. The van der Waals surface area contributed by atoms with Gasteiger partial charge >= 0.3 is 0 Å². The minimum atomic E-state index is -0.529. The number of nitriles is 1. The molecule has 0 bridgehead atoms. The fourth-order valence-corrected chi connectivity index (χ4v) is 2.25. The fraction of sp³-hybridized carbons (Fsp3) is 0.0588. The van der Waals surface area contributed by atoms with Crippen molar-refractivity contribution in [3.05, 3.63) is 58.6 Å². The first-order chi connectivity index (χ1) is 11.2. The molecule has 3 rings (SSSR count). The van der Waals surface area contributed by atoms with Crippen molar-refractivity contribution in [1.82, 2.24) is 0 Å². The van der Waals surface area contributed by atoms with Gasteiger partial charge in [0.1, 0.15) is 11.6 Å². The third-order valence-corrected chi connectivity index (χ3v) is 3.52. The Kier molecular flexibility index (Phi) is 4.18. The van der Waals surface area contributed by atoms with Crippen LogP contribution < -0.4 is 14.8 Å². The van der Waals surface area contributed by atoms with Crippen molar-refractivity contribution in [3.63, 3.8) is 0 Å². The number of carbonyl (C=O) groups is 1. The third-order valence-electron chi connectivity index (χ3n) is 3.19. The lowest BCUT2D eigenvalue weighted by Gasteiger charge is -2.06. The molecular formula is C17H11ClN2O3. The molecule has 5 nitrogen and oxygen atoms in total. The number of amides is 1. The molecule has 0 saturated heterocycles. The smallest absolute Gasteiger partial charge is 0.266 e. The summed E-state index contributed by atoms with van der Waals surface area (Å²) in [7, 11) is 0. The molecule has 114 valence electrons. The summed E-state index contributed by atoms with van der Waals surface area (Å²) in [5.41, 5.74) is 1.08. The van der Waals surface area contributed by atoms with Crippen LogP contribution in [-0.4, -0.2) is 12.7 Å². The molecule has 1 aliphatic rings. The van der Waals surface area contributed by atoms with Gasteiger partial charge in [0.05, 0.1) is 10.7 Å². The average Bonchev–Trinajstić information content (AvgIpc) is 3.02. The highest BCUT2D eigenvalue weighted by Crippen LogP contribution is 2.33. The highest BCUT2D eigenvalue weighted by atomic mass is 35.5. The molecule has 2 aromatic carbocycles. The van der Waals surface area contributed by atoms with Crippen LogP contribution in [0.2, 0.25) is 5.02 Å². The minimum Gasteiger partial charge on any atom is -0.454 e. The van der Waals surface area contributed by atoms with Gasteiger partial charge < -0.3 is 14.8 Å². The largest absolute Gasteiger partial charge is 0.454 e. The highest BCUT2D eigenvalue weighted by molar-refractivity contribution is 6.34. The Morgan fingerprint density at radius 2 is 2.00 bits per heavy atom. The van der Waals surface area contributed by atoms with Gasteiger partial charge in [-0.3, -0.25) is 4.79 Å². The van der Waals surface area contributed by atoms with Crippen LogP contribution in [0, 0.1) is 11.3 Å². The zero-order valence-corrected chi connectivity index (χ0v) is 12.6. The minimum absolute atomic E-state index is 0.0382. The van der Waals surface area contributed by atoms with Gasteiger partial charge in [-0.1, -0.05) is 29.8 Å². The number of benzene rings is 2. The van der Waals surface area contributed by atoms with E-state index in [0.29, 0.717) is 27.8 Å². The van der Waals surface area contributed by atoms with E-state index in [4.69, 9.17) is 21.1 Å². The van der Waals surface area contributed by atoms with Crippen molar-refractivity contribution in [2.75, 3.05) is 12.1 Å². The molecule has 0 radical (unpaired) electrons. The normalized spacial score (nSPS) is 12.6. The van der Waals surface area contributed by atoms with Crippen molar-refractivity contribution in [2.45, 2.75) is 0 Å². The summed E-state index contributed by atoms with van der Waals surface area (Å²) >= 11 is 5.99. The Morgan fingerprint density at radius 3 is 2.78 bits per heavy atom. The molecule has 2 aromatic rings. The maximum absolute atomic E-state index is 12.2. The molecule has 1 heterocycles. The first-order valence-electron chi connectivity index (χ1n) is 6.75. The molecule has 6 heteroatoms. The molecule has 23 heavy (non-hydrogen) atoms. The van der Waals surface area contributed by atoms with E-state index in [2.05, 4.69) is 5.32 Å². The van der Waals surface area contributed by atoms with E-state index in [-0.39, 0.29) is 12.4 Å². The number of para-hydroxylation sites is 1. The van der Waals surface area contributed by atoms with Gasteiger partial charge in [-0.2, -0.15) is 5.26 Å². The summed E-state index contributed by atoms with van der Waals surface area (Å²) in [6.45, 7) is 0.167. The SMILES string of the molecule is N#C/C(=C\c1ccc2c(c1)OCO2)C(=O)Nc1ccccc1Cl. The van der Waals surface area contributed by atoms with Crippen molar-refractivity contribution in [3.8, 4) is 17.6 Å². The second kappa shape index (κ2) is 6.42. The number of halogens is 1. The lowest BCUT2D eigenvalue weighted by molar-refractivity contribution is -0.112. The van der Waals surface area contributed by atoms with E-state index in [1.807, 2.05) is 6.07 Å². The molecule has 0 spiro atoms. The lowest BCUT2D eigenvalue weighted by Crippen LogP contribution is -2.13. The number of hydrogen-bond donors (Lipinski definition) is 1. The van der Waals surface area contributed by atoms with E-state index in [1.165, 1.54) is 6.08 Å². The Morgan fingerprint density at radius 1 is 1.22 bits per heavy atom. The number of fused-ring (bicyclic) bond motifs is 1. The Hall–Kier alpha value is -2.97. The van der Waals surface area contributed by atoms with Crippen molar-refractivity contribution in [2.24, 2.45) is 0 Å². The molecule has 0 aliphatic carbocycles. The van der Waals surface area contributed by atoms with Crippen LogP contribution in [0.15, 0.2) is 48.0 Å². The van der Waals surface area contributed by atoms with E-state index < -0.39 is 5.91 Å². The maximum Gasteiger partial charge on any atom is 0.266 e. The zero-order chi connectivity index (χ0) is 16.2. The van der Waals surface area contributed by atoms with E-state index in [1.54, 1.807) is 42.5 Å². The van der Waals surface area contributed by atoms with Crippen LogP contribution in [0.4, 0.5) is 5.69 Å². The van der Waals surface area contributed by atoms with E-state index >= 15 is 0 Å². The molecule has 0 atom stereocenters. The molecule has 0 fully saturated rings. The van der Waals surface area contributed by atoms with Crippen LogP contribution in [-0.2, 0) is 4.79 Å². The second-order valence-electron chi connectivity index (χ2n) is 4.72. The molecule has 1 aliphatic heterocycles. The van der Waals surface area contributed by atoms with Gasteiger partial charge in [-0.15, -0.1) is 0 Å². The molecular weight excluding hydrogens is 316 g/mol. The third kappa shape index (κ3) is 3.28. The quantitative estimate of drug-likeness (QED) is 0.691. The summed E-state index contributed by atoms with van der Waals surface area (Å²) in [4.78, 5) is 12.2. The van der Waals surface area contributed by atoms with Crippen molar-refractivity contribution in [1.29, 1.82) is 5.26 Å². The van der Waals surface area contributed by atoms with Crippen LogP contribution in [0.3, 0.4) is 0 Å². The standard InChI is InChI=1S/C17H11ClN2O3/c18-13-3-1-2-4-14(13)20-17(21)12(9-19)7-11-5-6-15-16(8-11)23-10-22-15/h1-8H,10H2,(H,20,21)/b12-7+. The lowest BCUT2D eigenvalue weighted by atomic mass is 10.1. The first-order valence-corrected chi connectivity index (χ1v) is 7.12. The molecule has 1 N–H and O–H groups in total. The second-order valence-corrected chi connectivity index (χ2v) is 5.12. The molecule has 0 aromatic heterocycles. The van der Waals surface area contributed by atoms with Crippen LogP contribution in [0.5, 0.6) is 11.5 Å². The van der Waals surface area contributed by atoms with Gasteiger partial charge in [-0.25, -0.2) is 0 Å². The molecule has 1 amide bonds. The Labute approximate surface area is 137 Å². The van der Waals surface area contributed by atoms with Crippen molar-refractivity contribution >= 4 is 29.3 Å². The molecule has 0 saturated carbocycles. The number of rotatable bonds is 3. The van der Waals surface area contributed by atoms with Gasteiger partial charge in [0.25, 0.3) is 5.91 Å². The Balaban J connectivity index is 1.83. The van der Waals surface area contributed by atoms with Crippen molar-refractivity contribution < 1.29 is 14.3 Å². The predicted octanol–water partition coefficient (Wildman–Crippen LogP) is 3.61. The van der Waals surface area contributed by atoms with Gasteiger partial charge in [0.15, 0.2) is 11.5 Å². The van der Waals surface area contributed by atoms with E-state index in [9.17, 15) is 10.1 Å². The summed E-state index contributed by atoms with van der Waals surface area (Å²) in [5, 5.41) is 12.3. The number of carbonyl (C=O) groups excluding carboxylic acids is 1. The number of nitrogens with one attached hydrogen (secondary N) is 1.